The van der Waals surface area contributed by atoms with Gasteiger partial charge in [0.25, 0.3) is 0 Å². The van der Waals surface area contributed by atoms with Gasteiger partial charge in [-0.1, -0.05) is 5.16 Å². The first kappa shape index (κ1) is 16.5. The average molecular weight is 352 g/mol. The quantitative estimate of drug-likeness (QED) is 0.500. The van der Waals surface area contributed by atoms with Gasteiger partial charge in [-0.3, -0.25) is 10.7 Å². The fourth-order valence-corrected chi connectivity index (χ4v) is 2.88. The standard InChI is InChI=1S/C18H21N7O/c1-9(2)23-18-14(16(20)21-8-22-18)15(19)10-3-6-13-12(7-10)17(25-26-13)24-11-4-5-11/h3,6-9,11,19H,4-5H2,1-2H3,(H,24,25)(H3,20,21,22,23)/p+1. The van der Waals surface area contributed by atoms with Gasteiger partial charge in [0.05, 0.1) is 17.1 Å². The SMILES string of the molecule is CC(C)[NH2+]c1ncnc(N)c1C(=N)c1ccc2onc(NC3CC3)c2c1. The summed E-state index contributed by atoms with van der Waals surface area (Å²) in [5.74, 6) is 1.71. The molecule has 26 heavy (non-hydrogen) atoms. The van der Waals surface area contributed by atoms with Gasteiger partial charge in [0.1, 0.15) is 17.7 Å². The number of nitrogens with zero attached hydrogens (tertiary/aromatic N) is 3. The molecule has 134 valence electrons. The van der Waals surface area contributed by atoms with E-state index < -0.39 is 0 Å². The van der Waals surface area contributed by atoms with Crippen LogP contribution in [-0.4, -0.2) is 32.9 Å². The molecule has 0 atom stereocenters. The molecule has 0 radical (unpaired) electrons. The molecule has 6 N–H and O–H groups in total. The van der Waals surface area contributed by atoms with E-state index >= 15 is 0 Å². The molecule has 0 unspecified atom stereocenters. The molecule has 8 nitrogen and oxygen atoms in total. The minimum atomic E-state index is 0.283. The Hall–Kier alpha value is -3.00. The van der Waals surface area contributed by atoms with E-state index in [1.807, 2.05) is 23.5 Å². The fraction of sp³-hybridized carbons (Fsp3) is 0.333. The Morgan fingerprint density at radius 2 is 2.15 bits per heavy atom. The third-order valence-electron chi connectivity index (χ3n) is 4.32. The van der Waals surface area contributed by atoms with E-state index in [9.17, 15) is 0 Å². The van der Waals surface area contributed by atoms with Gasteiger partial charge < -0.3 is 15.6 Å². The van der Waals surface area contributed by atoms with Gasteiger partial charge in [-0.25, -0.2) is 4.98 Å². The smallest absolute Gasteiger partial charge is 0.239 e. The summed E-state index contributed by atoms with van der Waals surface area (Å²) in [5, 5.41) is 19.0. The van der Waals surface area contributed by atoms with Crippen molar-refractivity contribution in [3.63, 3.8) is 0 Å². The molecule has 1 fully saturated rings. The van der Waals surface area contributed by atoms with Crippen molar-refractivity contribution in [1.82, 2.24) is 15.1 Å². The molecule has 0 saturated heterocycles. The topological polar surface area (TPSA) is 130 Å². The van der Waals surface area contributed by atoms with Crippen LogP contribution in [0.25, 0.3) is 11.0 Å². The van der Waals surface area contributed by atoms with Crippen LogP contribution in [0.15, 0.2) is 29.0 Å². The van der Waals surface area contributed by atoms with Crippen LogP contribution in [0.1, 0.15) is 37.8 Å². The zero-order chi connectivity index (χ0) is 18.3. The normalized spacial score (nSPS) is 14.1. The molecule has 1 aliphatic carbocycles. The third kappa shape index (κ3) is 3.11. The van der Waals surface area contributed by atoms with Crippen LogP contribution in [0.5, 0.6) is 0 Å². The highest BCUT2D eigenvalue weighted by molar-refractivity contribution is 6.16. The van der Waals surface area contributed by atoms with Crippen LogP contribution < -0.4 is 16.4 Å². The number of hydrogen-bond acceptors (Lipinski definition) is 7. The zero-order valence-electron chi connectivity index (χ0n) is 14.8. The van der Waals surface area contributed by atoms with Gasteiger partial charge in [0.2, 0.25) is 5.82 Å². The molecule has 0 amide bonds. The number of rotatable bonds is 6. The predicted molar refractivity (Wildman–Crippen MR) is 99.8 cm³/mol. The number of aromatic nitrogens is 3. The second-order valence-corrected chi connectivity index (χ2v) is 6.97. The molecule has 2 aromatic heterocycles. The monoisotopic (exact) mass is 352 g/mol. The molecule has 3 aromatic rings. The second-order valence-electron chi connectivity index (χ2n) is 6.97. The lowest BCUT2D eigenvalue weighted by molar-refractivity contribution is -0.606. The summed E-state index contributed by atoms with van der Waals surface area (Å²) in [7, 11) is 0. The maximum absolute atomic E-state index is 8.70. The number of hydrogen-bond donors (Lipinski definition) is 4. The Labute approximate surface area is 150 Å². The Morgan fingerprint density at radius 1 is 1.35 bits per heavy atom. The molecular weight excluding hydrogens is 330 g/mol. The van der Waals surface area contributed by atoms with Gasteiger partial charge >= 0.3 is 0 Å². The lowest BCUT2D eigenvalue weighted by atomic mass is 10.0. The van der Waals surface area contributed by atoms with Crippen LogP contribution in [0.4, 0.5) is 17.5 Å². The Morgan fingerprint density at radius 3 is 2.88 bits per heavy atom. The number of fused-ring (bicyclic) bond motifs is 1. The summed E-state index contributed by atoms with van der Waals surface area (Å²) in [6.07, 6.45) is 3.73. The third-order valence-corrected chi connectivity index (χ3v) is 4.32. The number of nitrogens with one attached hydrogen (secondary N) is 2. The minimum Gasteiger partial charge on any atom is -0.383 e. The first-order chi connectivity index (χ1) is 12.5. The summed E-state index contributed by atoms with van der Waals surface area (Å²) in [6.45, 7) is 4.12. The molecule has 8 heteroatoms. The molecule has 2 heterocycles. The maximum atomic E-state index is 8.70. The predicted octanol–water partition coefficient (Wildman–Crippen LogP) is 1.79. The maximum Gasteiger partial charge on any atom is 0.239 e. The van der Waals surface area contributed by atoms with Gasteiger partial charge in [-0.2, -0.15) is 4.98 Å². The van der Waals surface area contributed by atoms with E-state index in [1.54, 1.807) is 0 Å². The highest BCUT2D eigenvalue weighted by Crippen LogP contribution is 2.30. The van der Waals surface area contributed by atoms with Crippen LogP contribution in [0.3, 0.4) is 0 Å². The van der Waals surface area contributed by atoms with Gasteiger partial charge in [-0.15, -0.1) is 0 Å². The van der Waals surface area contributed by atoms with Crippen LogP contribution >= 0.6 is 0 Å². The molecule has 0 bridgehead atoms. The van der Waals surface area contributed by atoms with Crippen LogP contribution in [0, 0.1) is 5.41 Å². The van der Waals surface area contributed by atoms with E-state index in [0.29, 0.717) is 28.8 Å². The molecule has 1 aliphatic rings. The van der Waals surface area contributed by atoms with E-state index in [-0.39, 0.29) is 11.8 Å². The summed E-state index contributed by atoms with van der Waals surface area (Å²) < 4.78 is 5.38. The number of anilines is 2. The van der Waals surface area contributed by atoms with Crippen molar-refractivity contribution in [3.05, 3.63) is 35.7 Å². The second kappa shape index (κ2) is 6.38. The van der Waals surface area contributed by atoms with Crippen molar-refractivity contribution in [2.24, 2.45) is 0 Å². The average Bonchev–Trinajstić information content (AvgIpc) is 3.33. The van der Waals surface area contributed by atoms with E-state index in [1.165, 1.54) is 6.33 Å². The summed E-state index contributed by atoms with van der Waals surface area (Å²) in [5.41, 5.74) is 8.33. The molecular formula is C18H22N7O+. The van der Waals surface area contributed by atoms with Crippen molar-refractivity contribution in [1.29, 1.82) is 5.41 Å². The number of nitrogens with two attached hydrogens (primary N) is 2. The summed E-state index contributed by atoms with van der Waals surface area (Å²) in [4.78, 5) is 8.39. The van der Waals surface area contributed by atoms with Crippen molar-refractivity contribution < 1.29 is 9.84 Å². The number of quaternary nitrogens is 1. The molecule has 4 rings (SSSR count). The molecule has 0 aliphatic heterocycles. The van der Waals surface area contributed by atoms with E-state index in [0.717, 1.165) is 29.6 Å². The Bertz CT molecular complexity index is 975. The largest absolute Gasteiger partial charge is 0.383 e. The minimum absolute atomic E-state index is 0.283. The highest BCUT2D eigenvalue weighted by atomic mass is 16.5. The van der Waals surface area contributed by atoms with Crippen molar-refractivity contribution in [2.45, 2.75) is 38.8 Å². The van der Waals surface area contributed by atoms with Gasteiger partial charge in [0.15, 0.2) is 11.4 Å². The summed E-state index contributed by atoms with van der Waals surface area (Å²) in [6, 6.07) is 6.32. The van der Waals surface area contributed by atoms with Gasteiger partial charge in [-0.05, 0) is 44.9 Å². The Kier molecular flexibility index (Phi) is 4.04. The highest BCUT2D eigenvalue weighted by Gasteiger charge is 2.24. The lowest BCUT2D eigenvalue weighted by Gasteiger charge is -2.11. The van der Waals surface area contributed by atoms with E-state index in [4.69, 9.17) is 15.7 Å². The van der Waals surface area contributed by atoms with Crippen molar-refractivity contribution in [3.8, 4) is 0 Å². The Balaban J connectivity index is 1.74. The number of benzene rings is 1. The van der Waals surface area contributed by atoms with Crippen molar-refractivity contribution in [2.75, 3.05) is 11.1 Å². The van der Waals surface area contributed by atoms with Crippen LogP contribution in [-0.2, 0) is 0 Å². The van der Waals surface area contributed by atoms with E-state index in [2.05, 4.69) is 34.3 Å². The molecule has 0 spiro atoms. The fourth-order valence-electron chi connectivity index (χ4n) is 2.88. The first-order valence-corrected chi connectivity index (χ1v) is 8.73. The zero-order valence-corrected chi connectivity index (χ0v) is 14.8. The summed E-state index contributed by atoms with van der Waals surface area (Å²) >= 11 is 0. The van der Waals surface area contributed by atoms with Crippen molar-refractivity contribution >= 4 is 34.1 Å². The first-order valence-electron chi connectivity index (χ1n) is 8.73. The molecule has 1 saturated carbocycles. The van der Waals surface area contributed by atoms with Gasteiger partial charge in [0, 0.05) is 11.6 Å². The lowest BCUT2D eigenvalue weighted by Crippen LogP contribution is -2.83. The number of nitrogen functional groups attached to an aromatic ring is 1. The molecule has 1 aromatic carbocycles. The van der Waals surface area contributed by atoms with Crippen LogP contribution in [0.2, 0.25) is 0 Å².